The molecule has 0 heterocycles. The maximum Gasteiger partial charge on any atom is 0.412 e. The van der Waals surface area contributed by atoms with Crippen LogP contribution in [0.15, 0.2) is 24.3 Å². The van der Waals surface area contributed by atoms with Gasteiger partial charge in [0, 0.05) is 16.9 Å². The summed E-state index contributed by atoms with van der Waals surface area (Å²) >= 11 is -1.85. The first kappa shape index (κ1) is 17.4. The topological polar surface area (TPSA) is 44.3 Å². The van der Waals surface area contributed by atoms with Crippen LogP contribution in [0.2, 0.25) is 0 Å². The Balaban J connectivity index is 2.29. The van der Waals surface area contributed by atoms with Crippen LogP contribution >= 0.6 is 0 Å². The van der Waals surface area contributed by atoms with Gasteiger partial charge in [0.05, 0.1) is 6.10 Å². The third kappa shape index (κ3) is 4.54. The van der Waals surface area contributed by atoms with Crippen molar-refractivity contribution >= 4 is 11.4 Å². The summed E-state index contributed by atoms with van der Waals surface area (Å²) in [5, 5.41) is 0. The van der Waals surface area contributed by atoms with Gasteiger partial charge >= 0.3 is 6.18 Å². The lowest BCUT2D eigenvalue weighted by molar-refractivity contribution is -0.153. The van der Waals surface area contributed by atoms with Gasteiger partial charge in [-0.25, -0.2) is 0 Å². The van der Waals surface area contributed by atoms with E-state index >= 15 is 0 Å². The van der Waals surface area contributed by atoms with Gasteiger partial charge in [0.15, 0.2) is 6.04 Å². The molecule has 2 rings (SSSR count). The summed E-state index contributed by atoms with van der Waals surface area (Å²) in [6, 6.07) is 4.02. The Morgan fingerprint density at radius 3 is 2.32 bits per heavy atom. The molecular weight excluding hydrogens is 315 g/mol. The van der Waals surface area contributed by atoms with Crippen molar-refractivity contribution in [2.24, 2.45) is 0 Å². The van der Waals surface area contributed by atoms with Crippen LogP contribution in [0, 0.1) is 0 Å². The van der Waals surface area contributed by atoms with Crippen LogP contribution < -0.4 is 9.46 Å². The number of rotatable bonds is 5. The lowest BCUT2D eigenvalue weighted by Gasteiger charge is -2.29. The van der Waals surface area contributed by atoms with E-state index < -0.39 is 28.3 Å². The van der Waals surface area contributed by atoms with Crippen molar-refractivity contribution in [3.8, 4) is 5.75 Å². The van der Waals surface area contributed by atoms with Crippen molar-refractivity contribution in [2.45, 2.75) is 56.7 Å². The summed E-state index contributed by atoms with van der Waals surface area (Å²) in [4.78, 5) is 0. The number of hydrogen-bond acceptors (Lipinski definition) is 3. The summed E-state index contributed by atoms with van der Waals surface area (Å²) < 4.78 is 59.4. The van der Waals surface area contributed by atoms with Gasteiger partial charge in [-0.3, -0.25) is 0 Å². The first-order valence-electron chi connectivity index (χ1n) is 7.09. The van der Waals surface area contributed by atoms with Crippen molar-refractivity contribution in [1.29, 1.82) is 0 Å². The minimum Gasteiger partial charge on any atom is -0.598 e. The van der Waals surface area contributed by atoms with Gasteiger partial charge in [-0.1, -0.05) is 18.2 Å². The lowest BCUT2D eigenvalue weighted by atomic mass is 10.1. The summed E-state index contributed by atoms with van der Waals surface area (Å²) in [5.41, 5.74) is -0.0282. The quantitative estimate of drug-likeness (QED) is 0.831. The molecule has 0 amide bonds. The number of para-hydroxylation sites is 1. The molecule has 1 aliphatic rings. The Morgan fingerprint density at radius 2 is 1.82 bits per heavy atom. The van der Waals surface area contributed by atoms with E-state index in [0.29, 0.717) is 0 Å². The molecule has 1 aliphatic carbocycles. The van der Waals surface area contributed by atoms with Crippen molar-refractivity contribution in [3.05, 3.63) is 29.8 Å². The van der Waals surface area contributed by atoms with Crippen molar-refractivity contribution in [3.63, 3.8) is 0 Å². The van der Waals surface area contributed by atoms with Gasteiger partial charge in [-0.15, -0.1) is 4.72 Å². The van der Waals surface area contributed by atoms with Crippen LogP contribution in [-0.2, 0) is 11.4 Å². The van der Waals surface area contributed by atoms with Gasteiger partial charge in [-0.2, -0.15) is 13.2 Å². The average Bonchev–Trinajstić information content (AvgIpc) is 3.18. The maximum absolute atomic E-state index is 13.4. The Labute approximate surface area is 131 Å². The third-order valence-electron chi connectivity index (χ3n) is 3.16. The monoisotopic (exact) mass is 335 g/mol. The third-order valence-corrected chi connectivity index (χ3v) is 4.72. The highest BCUT2D eigenvalue weighted by molar-refractivity contribution is 7.90. The fraction of sp³-hybridized carbons (Fsp3) is 0.600. The molecule has 0 spiro atoms. The van der Waals surface area contributed by atoms with Crippen LogP contribution in [-0.4, -0.2) is 21.6 Å². The molecule has 1 fully saturated rings. The molecule has 0 saturated heterocycles. The Morgan fingerprint density at radius 1 is 1.23 bits per heavy atom. The number of ether oxygens (including phenoxy) is 1. The van der Waals surface area contributed by atoms with E-state index in [1.807, 2.05) is 0 Å². The minimum atomic E-state index is -4.57. The fourth-order valence-corrected chi connectivity index (χ4v) is 2.61. The summed E-state index contributed by atoms with van der Waals surface area (Å²) in [7, 11) is 0. The zero-order valence-corrected chi connectivity index (χ0v) is 13.6. The van der Waals surface area contributed by atoms with E-state index in [0.717, 1.165) is 12.8 Å². The van der Waals surface area contributed by atoms with Gasteiger partial charge in [-0.05, 0) is 39.7 Å². The Kier molecular flexibility index (Phi) is 4.99. The standard InChI is InChI=1S/C15H20F3NO2S/c1-14(2,3)22(20)19-13(15(16,17)18)11-6-4-5-7-12(11)21-10-8-9-10/h4-7,10,13,19H,8-9H2,1-3H3/t13?,22-/m0/s1. The van der Waals surface area contributed by atoms with Gasteiger partial charge in [0.1, 0.15) is 10.5 Å². The van der Waals surface area contributed by atoms with E-state index in [4.69, 9.17) is 4.74 Å². The molecule has 22 heavy (non-hydrogen) atoms. The van der Waals surface area contributed by atoms with E-state index in [9.17, 15) is 17.7 Å². The molecule has 1 N–H and O–H groups in total. The molecule has 124 valence electrons. The highest BCUT2D eigenvalue weighted by atomic mass is 32.2. The Bertz CT molecular complexity index is 512. The SMILES string of the molecule is CC(C)(C)[S@+]([O-])NC(c1ccccc1OC1CC1)C(F)(F)F. The second kappa shape index (κ2) is 6.29. The fourth-order valence-electron chi connectivity index (χ4n) is 1.78. The molecule has 1 saturated carbocycles. The molecular formula is C15H20F3NO2S. The summed E-state index contributed by atoms with van der Waals surface area (Å²) in [6.07, 6.45) is -2.87. The second-order valence-electron chi connectivity index (χ2n) is 6.33. The van der Waals surface area contributed by atoms with Crippen LogP contribution in [0.3, 0.4) is 0 Å². The van der Waals surface area contributed by atoms with E-state index in [-0.39, 0.29) is 17.4 Å². The van der Waals surface area contributed by atoms with Crippen LogP contribution in [0.5, 0.6) is 5.75 Å². The van der Waals surface area contributed by atoms with Crippen LogP contribution in [0.4, 0.5) is 13.2 Å². The highest BCUT2D eigenvalue weighted by Gasteiger charge is 2.47. The van der Waals surface area contributed by atoms with Crippen molar-refractivity contribution < 1.29 is 22.5 Å². The van der Waals surface area contributed by atoms with Crippen LogP contribution in [0.25, 0.3) is 0 Å². The van der Waals surface area contributed by atoms with E-state index in [1.54, 1.807) is 26.8 Å². The number of benzene rings is 1. The molecule has 1 unspecified atom stereocenters. The molecule has 0 radical (unpaired) electrons. The zero-order chi connectivity index (χ0) is 16.5. The van der Waals surface area contributed by atoms with Crippen molar-refractivity contribution in [1.82, 2.24) is 4.72 Å². The number of alkyl halides is 3. The number of halogens is 3. The predicted octanol–water partition coefficient (Wildman–Crippen LogP) is 3.88. The average molecular weight is 335 g/mol. The van der Waals surface area contributed by atoms with E-state index in [2.05, 4.69) is 4.72 Å². The normalized spacial score (nSPS) is 18.9. The molecule has 0 aromatic heterocycles. The van der Waals surface area contributed by atoms with Gasteiger partial charge in [0.2, 0.25) is 0 Å². The Hall–Kier alpha value is -0.920. The first-order chi connectivity index (χ1) is 10.1. The van der Waals surface area contributed by atoms with Crippen molar-refractivity contribution in [2.75, 3.05) is 0 Å². The molecule has 1 aromatic carbocycles. The molecule has 1 aromatic rings. The number of nitrogens with one attached hydrogen (secondary N) is 1. The maximum atomic E-state index is 13.4. The number of hydrogen-bond donors (Lipinski definition) is 1. The van der Waals surface area contributed by atoms with Crippen LogP contribution in [0.1, 0.15) is 45.2 Å². The molecule has 7 heteroatoms. The highest BCUT2D eigenvalue weighted by Crippen LogP contribution is 2.40. The smallest absolute Gasteiger partial charge is 0.412 e. The molecule has 0 bridgehead atoms. The van der Waals surface area contributed by atoms with Gasteiger partial charge < -0.3 is 9.29 Å². The largest absolute Gasteiger partial charge is 0.598 e. The van der Waals surface area contributed by atoms with E-state index in [1.165, 1.54) is 18.2 Å². The summed E-state index contributed by atoms with van der Waals surface area (Å²) in [6.45, 7) is 4.86. The lowest BCUT2D eigenvalue weighted by Crippen LogP contribution is -2.45. The first-order valence-corrected chi connectivity index (χ1v) is 8.24. The molecule has 0 aliphatic heterocycles. The minimum absolute atomic E-state index is 0.0110. The van der Waals surface area contributed by atoms with Gasteiger partial charge in [0.25, 0.3) is 0 Å². The zero-order valence-electron chi connectivity index (χ0n) is 12.7. The molecule has 3 nitrogen and oxygen atoms in total. The second-order valence-corrected chi connectivity index (χ2v) is 8.33. The molecule has 2 atom stereocenters. The predicted molar refractivity (Wildman–Crippen MR) is 79.9 cm³/mol. The summed E-state index contributed by atoms with van der Waals surface area (Å²) in [5.74, 6) is 0.200.